The highest BCUT2D eigenvalue weighted by atomic mass is 32.2. The van der Waals surface area contributed by atoms with Crippen LogP contribution in [0.4, 0.5) is 11.4 Å². The summed E-state index contributed by atoms with van der Waals surface area (Å²) in [5.74, 6) is -0.149. The van der Waals surface area contributed by atoms with Gasteiger partial charge < -0.3 is 10.6 Å². The van der Waals surface area contributed by atoms with Gasteiger partial charge in [-0.15, -0.1) is 11.8 Å². The first-order valence-electron chi connectivity index (χ1n) is 9.21. The molecule has 1 aliphatic heterocycles. The van der Waals surface area contributed by atoms with Gasteiger partial charge in [-0.3, -0.25) is 9.59 Å². The van der Waals surface area contributed by atoms with E-state index in [1.807, 2.05) is 54.8 Å². The number of nitrogens with one attached hydrogen (secondary N) is 2. The second-order valence-electron chi connectivity index (χ2n) is 6.81. The molecule has 0 radical (unpaired) electrons. The molecule has 0 saturated heterocycles. The average Bonchev–Trinajstić information content (AvgIpc) is 3.11. The van der Waals surface area contributed by atoms with Crippen molar-refractivity contribution in [3.05, 3.63) is 83.8 Å². The van der Waals surface area contributed by atoms with Crippen LogP contribution in [0.2, 0.25) is 0 Å². The topological polar surface area (TPSA) is 58.2 Å². The molecule has 0 fully saturated rings. The molecule has 1 heterocycles. The molecule has 0 aromatic heterocycles. The van der Waals surface area contributed by atoms with Crippen LogP contribution in [0.1, 0.15) is 5.56 Å². The monoisotopic (exact) mass is 400 g/mol. The molecule has 3 aromatic carbocycles. The van der Waals surface area contributed by atoms with Crippen molar-refractivity contribution in [3.8, 4) is 11.1 Å². The number of benzene rings is 3. The largest absolute Gasteiger partial charge is 0.325 e. The van der Waals surface area contributed by atoms with Gasteiger partial charge in [0.1, 0.15) is 0 Å². The zero-order chi connectivity index (χ0) is 20.4. The molecule has 4 nitrogen and oxygen atoms in total. The number of hydrogen-bond donors (Lipinski definition) is 2. The molecule has 4 rings (SSSR count). The van der Waals surface area contributed by atoms with Gasteiger partial charge in [-0.2, -0.15) is 0 Å². The Bertz CT molecular complexity index is 1180. The van der Waals surface area contributed by atoms with Gasteiger partial charge in [0.2, 0.25) is 5.91 Å². The van der Waals surface area contributed by atoms with Gasteiger partial charge in [0.15, 0.2) is 0 Å². The number of amides is 2. The SMILES string of the molecule is C=C/C(=C\SC)C(=O)Nc1ccc2cc(-c3cccc4c3NC(=O)C4)ccc2c1. The number of thioether (sulfide) groups is 1. The van der Waals surface area contributed by atoms with Crippen LogP contribution in [0.25, 0.3) is 21.9 Å². The van der Waals surface area contributed by atoms with Crippen LogP contribution in [-0.4, -0.2) is 18.1 Å². The van der Waals surface area contributed by atoms with Gasteiger partial charge in [0.25, 0.3) is 5.91 Å². The quantitative estimate of drug-likeness (QED) is 0.447. The third-order valence-corrected chi connectivity index (χ3v) is 5.39. The molecule has 0 aliphatic carbocycles. The molecule has 1 aliphatic rings. The Balaban J connectivity index is 1.64. The molecule has 5 heteroatoms. The Morgan fingerprint density at radius 3 is 2.72 bits per heavy atom. The maximum atomic E-state index is 12.3. The highest BCUT2D eigenvalue weighted by Gasteiger charge is 2.20. The molecule has 0 atom stereocenters. The predicted octanol–water partition coefficient (Wildman–Crippen LogP) is 5.37. The Hall–Kier alpha value is -3.31. The van der Waals surface area contributed by atoms with Crippen LogP contribution in [0.5, 0.6) is 0 Å². The summed E-state index contributed by atoms with van der Waals surface area (Å²) in [5, 5.41) is 9.74. The fourth-order valence-corrected chi connectivity index (χ4v) is 3.96. The van der Waals surface area contributed by atoms with Crippen LogP contribution >= 0.6 is 11.8 Å². The standard InChI is InChI=1S/C24H20N2O2S/c1-3-15(14-29-2)24(28)25-20-10-9-16-11-18(8-7-17(16)12-20)21-6-4-5-19-13-22(27)26-23(19)21/h3-12,14H,1,13H2,2H3,(H,25,28)(H,26,27)/b15-14+. The molecule has 29 heavy (non-hydrogen) atoms. The third kappa shape index (κ3) is 3.82. The lowest BCUT2D eigenvalue weighted by Gasteiger charge is -2.11. The molecule has 0 spiro atoms. The van der Waals surface area contributed by atoms with Gasteiger partial charge in [-0.1, -0.05) is 49.1 Å². The van der Waals surface area contributed by atoms with Crippen molar-refractivity contribution in [2.75, 3.05) is 16.9 Å². The molecule has 144 valence electrons. The molecule has 2 N–H and O–H groups in total. The van der Waals surface area contributed by atoms with E-state index in [9.17, 15) is 9.59 Å². The Labute approximate surface area is 173 Å². The molecular weight excluding hydrogens is 380 g/mol. The van der Waals surface area contributed by atoms with E-state index in [0.29, 0.717) is 12.0 Å². The van der Waals surface area contributed by atoms with E-state index in [4.69, 9.17) is 0 Å². The van der Waals surface area contributed by atoms with Gasteiger partial charge in [-0.25, -0.2) is 0 Å². The summed E-state index contributed by atoms with van der Waals surface area (Å²) in [4.78, 5) is 24.1. The summed E-state index contributed by atoms with van der Waals surface area (Å²) in [5.41, 5.74) is 5.26. The van der Waals surface area contributed by atoms with Crippen molar-refractivity contribution in [2.45, 2.75) is 6.42 Å². The highest BCUT2D eigenvalue weighted by molar-refractivity contribution is 8.01. The number of carbonyl (C=O) groups excluding carboxylic acids is 2. The molecule has 0 bridgehead atoms. The number of anilines is 2. The van der Waals surface area contributed by atoms with E-state index in [1.165, 1.54) is 11.8 Å². The minimum atomic E-state index is -0.180. The smallest absolute Gasteiger partial charge is 0.256 e. The van der Waals surface area contributed by atoms with Crippen LogP contribution < -0.4 is 10.6 Å². The number of rotatable bonds is 5. The van der Waals surface area contributed by atoms with Crippen molar-refractivity contribution in [1.82, 2.24) is 0 Å². The lowest BCUT2D eigenvalue weighted by atomic mass is 9.98. The summed E-state index contributed by atoms with van der Waals surface area (Å²) in [6, 6.07) is 18.0. The van der Waals surface area contributed by atoms with Crippen LogP contribution in [0.3, 0.4) is 0 Å². The van der Waals surface area contributed by atoms with Gasteiger partial charge in [0.05, 0.1) is 12.1 Å². The fraction of sp³-hybridized carbons (Fsp3) is 0.0833. The molecule has 0 saturated carbocycles. The number of para-hydroxylation sites is 1. The van der Waals surface area contributed by atoms with E-state index in [-0.39, 0.29) is 11.8 Å². The molecule has 0 unspecified atom stereocenters. The summed E-state index contributed by atoms with van der Waals surface area (Å²) >= 11 is 1.46. The van der Waals surface area contributed by atoms with E-state index < -0.39 is 0 Å². The van der Waals surface area contributed by atoms with Crippen LogP contribution in [0, 0.1) is 0 Å². The molecule has 3 aromatic rings. The van der Waals surface area contributed by atoms with Crippen molar-refractivity contribution >= 4 is 45.7 Å². The normalized spacial score (nSPS) is 13.1. The third-order valence-electron chi connectivity index (χ3n) is 4.90. The zero-order valence-electron chi connectivity index (χ0n) is 16.0. The second kappa shape index (κ2) is 7.97. The number of hydrogen-bond acceptors (Lipinski definition) is 3. The number of carbonyl (C=O) groups is 2. The van der Waals surface area contributed by atoms with Gasteiger partial charge in [0, 0.05) is 16.8 Å². The first-order valence-corrected chi connectivity index (χ1v) is 10.5. The fourth-order valence-electron chi connectivity index (χ4n) is 3.51. The minimum absolute atomic E-state index is 0.0306. The lowest BCUT2D eigenvalue weighted by Crippen LogP contribution is -2.12. The summed E-state index contributed by atoms with van der Waals surface area (Å²) in [6.07, 6.45) is 3.88. The van der Waals surface area contributed by atoms with Crippen molar-refractivity contribution in [2.24, 2.45) is 0 Å². The zero-order valence-corrected chi connectivity index (χ0v) is 16.8. The maximum Gasteiger partial charge on any atom is 0.256 e. The first-order chi connectivity index (χ1) is 14.1. The summed E-state index contributed by atoms with van der Waals surface area (Å²) in [6.45, 7) is 3.69. The van der Waals surface area contributed by atoms with Crippen LogP contribution in [-0.2, 0) is 16.0 Å². The molecule has 2 amide bonds. The van der Waals surface area contributed by atoms with Gasteiger partial charge >= 0.3 is 0 Å². The van der Waals surface area contributed by atoms with Crippen molar-refractivity contribution < 1.29 is 9.59 Å². The predicted molar refractivity (Wildman–Crippen MR) is 122 cm³/mol. The minimum Gasteiger partial charge on any atom is -0.325 e. The molecular formula is C24H20N2O2S. The Morgan fingerprint density at radius 1 is 1.14 bits per heavy atom. The number of fused-ring (bicyclic) bond motifs is 2. The average molecular weight is 401 g/mol. The highest BCUT2D eigenvalue weighted by Crippen LogP contribution is 2.36. The second-order valence-corrected chi connectivity index (χ2v) is 7.52. The van der Waals surface area contributed by atoms with Crippen LogP contribution in [0.15, 0.2) is 78.2 Å². The Morgan fingerprint density at radius 2 is 1.93 bits per heavy atom. The van der Waals surface area contributed by atoms with E-state index in [0.717, 1.165) is 38.8 Å². The van der Waals surface area contributed by atoms with E-state index in [2.05, 4.69) is 23.3 Å². The van der Waals surface area contributed by atoms with Crippen molar-refractivity contribution in [1.29, 1.82) is 0 Å². The first kappa shape index (κ1) is 19.0. The van der Waals surface area contributed by atoms with Crippen molar-refractivity contribution in [3.63, 3.8) is 0 Å². The van der Waals surface area contributed by atoms with E-state index >= 15 is 0 Å². The Kier molecular flexibility index (Phi) is 5.23. The summed E-state index contributed by atoms with van der Waals surface area (Å²) in [7, 11) is 0. The van der Waals surface area contributed by atoms with Gasteiger partial charge in [-0.05, 0) is 51.8 Å². The summed E-state index contributed by atoms with van der Waals surface area (Å²) < 4.78 is 0. The maximum absolute atomic E-state index is 12.3. The lowest BCUT2D eigenvalue weighted by molar-refractivity contribution is -0.115. The van der Waals surface area contributed by atoms with E-state index in [1.54, 1.807) is 11.5 Å².